The maximum Gasteiger partial charge on any atom is 0.272 e. The summed E-state index contributed by atoms with van der Waals surface area (Å²) in [6, 6.07) is 10.1. The van der Waals surface area contributed by atoms with Crippen LogP contribution in [0.3, 0.4) is 0 Å². The van der Waals surface area contributed by atoms with E-state index in [0.29, 0.717) is 30.6 Å². The Kier molecular flexibility index (Phi) is 5.47. The second kappa shape index (κ2) is 8.09. The number of carbonyl (C=O) groups excluding carboxylic acids is 2. The largest absolute Gasteiger partial charge is 0.353 e. The molecule has 2 aromatic rings. The van der Waals surface area contributed by atoms with Crippen LogP contribution in [0.5, 0.6) is 0 Å². The Morgan fingerprint density at radius 1 is 1.23 bits per heavy atom. The zero-order chi connectivity index (χ0) is 22.2. The number of likely N-dealkylation sites (tertiary alicyclic amines) is 1. The average Bonchev–Trinajstić information content (AvgIpc) is 3.38. The van der Waals surface area contributed by atoms with Gasteiger partial charge in [-0.15, -0.1) is 0 Å². The molecule has 1 aliphatic carbocycles. The van der Waals surface area contributed by atoms with Crippen LogP contribution in [0.4, 0.5) is 10.1 Å². The molecule has 2 aromatic carbocycles. The molecule has 8 heteroatoms. The lowest BCUT2D eigenvalue weighted by atomic mass is 9.95. The Morgan fingerprint density at radius 3 is 2.55 bits per heavy atom. The molecule has 1 saturated carbocycles. The lowest BCUT2D eigenvalue weighted by molar-refractivity contribution is -0.385. The summed E-state index contributed by atoms with van der Waals surface area (Å²) < 4.78 is 13.2. The van der Waals surface area contributed by atoms with Gasteiger partial charge in [0.25, 0.3) is 11.6 Å². The number of hydrogen-bond acceptors (Lipinski definition) is 4. The second-order valence-corrected chi connectivity index (χ2v) is 8.42. The van der Waals surface area contributed by atoms with E-state index in [9.17, 15) is 24.1 Å². The molecule has 4 rings (SSSR count). The minimum absolute atomic E-state index is 0.0391. The highest BCUT2D eigenvalue weighted by Crippen LogP contribution is 2.47. The zero-order valence-electron chi connectivity index (χ0n) is 17.3. The molecule has 1 N–H and O–H groups in total. The van der Waals surface area contributed by atoms with Gasteiger partial charge in [0.2, 0.25) is 5.91 Å². The van der Waals surface area contributed by atoms with Crippen molar-refractivity contribution < 1.29 is 18.9 Å². The Morgan fingerprint density at radius 2 is 1.94 bits per heavy atom. The van der Waals surface area contributed by atoms with Crippen LogP contribution in [0.2, 0.25) is 0 Å². The molecule has 1 unspecified atom stereocenters. The van der Waals surface area contributed by atoms with Gasteiger partial charge < -0.3 is 10.2 Å². The summed E-state index contributed by atoms with van der Waals surface area (Å²) in [5.74, 6) is -0.779. The average molecular weight is 425 g/mol. The normalized spacial score (nSPS) is 19.2. The predicted molar refractivity (Wildman–Crippen MR) is 112 cm³/mol. The molecule has 1 aliphatic heterocycles. The fourth-order valence-corrected chi connectivity index (χ4v) is 4.34. The molecule has 1 atom stereocenters. The highest BCUT2D eigenvalue weighted by atomic mass is 19.1. The van der Waals surface area contributed by atoms with Gasteiger partial charge in [-0.2, -0.15) is 0 Å². The van der Waals surface area contributed by atoms with Crippen LogP contribution in [-0.2, 0) is 10.2 Å². The minimum Gasteiger partial charge on any atom is -0.353 e. The molecular formula is C23H24FN3O4. The van der Waals surface area contributed by atoms with E-state index < -0.39 is 11.0 Å². The van der Waals surface area contributed by atoms with E-state index >= 15 is 0 Å². The molecule has 0 bridgehead atoms. The Bertz CT molecular complexity index is 1030. The van der Waals surface area contributed by atoms with Gasteiger partial charge in [-0.25, -0.2) is 4.39 Å². The summed E-state index contributed by atoms with van der Waals surface area (Å²) in [7, 11) is 0. The number of halogens is 1. The number of rotatable bonds is 6. The molecule has 2 fully saturated rings. The number of aryl methyl sites for hydroxylation is 1. The molecule has 1 saturated heterocycles. The summed E-state index contributed by atoms with van der Waals surface area (Å²) in [6.07, 6.45) is 3.15. The second-order valence-electron chi connectivity index (χ2n) is 8.42. The maximum absolute atomic E-state index is 13.2. The number of nitrogens with one attached hydrogen (secondary N) is 1. The van der Waals surface area contributed by atoms with Crippen molar-refractivity contribution in [2.24, 2.45) is 0 Å². The standard InChI is InChI=1S/C23H24FN3O4/c1-15-13-16(4-9-19(15)27(30)31)22(29)26-12-2-3-20(26)21(28)25-14-23(10-11-23)17-5-7-18(24)8-6-17/h4-9,13,20H,2-3,10-12,14H2,1H3,(H,25,28). The Labute approximate surface area is 179 Å². The first-order valence-electron chi connectivity index (χ1n) is 10.4. The van der Waals surface area contributed by atoms with Crippen molar-refractivity contribution >= 4 is 17.5 Å². The van der Waals surface area contributed by atoms with Gasteiger partial charge in [0.1, 0.15) is 11.9 Å². The fourth-order valence-electron chi connectivity index (χ4n) is 4.34. The first kappa shape index (κ1) is 21.0. The van der Waals surface area contributed by atoms with E-state index in [2.05, 4.69) is 5.32 Å². The number of nitro groups is 1. The van der Waals surface area contributed by atoms with Crippen molar-refractivity contribution in [2.45, 2.75) is 44.1 Å². The summed E-state index contributed by atoms with van der Waals surface area (Å²) in [6.45, 7) is 2.51. The number of nitrogens with zero attached hydrogens (tertiary/aromatic N) is 2. The van der Waals surface area contributed by atoms with Gasteiger partial charge in [-0.05, 0) is 62.4 Å². The van der Waals surface area contributed by atoms with Crippen LogP contribution in [-0.4, -0.2) is 40.8 Å². The first-order valence-corrected chi connectivity index (χ1v) is 10.4. The van der Waals surface area contributed by atoms with Crippen molar-refractivity contribution in [3.63, 3.8) is 0 Å². The molecular weight excluding hydrogens is 401 g/mol. The molecule has 2 aliphatic rings. The molecule has 0 radical (unpaired) electrons. The third-order valence-electron chi connectivity index (χ3n) is 6.37. The summed E-state index contributed by atoms with van der Waals surface area (Å²) in [5.41, 5.74) is 1.56. The highest BCUT2D eigenvalue weighted by Gasteiger charge is 2.45. The monoisotopic (exact) mass is 425 g/mol. The molecule has 2 amide bonds. The van der Waals surface area contributed by atoms with Gasteiger partial charge in [0, 0.05) is 35.7 Å². The van der Waals surface area contributed by atoms with Crippen LogP contribution in [0.1, 0.15) is 47.2 Å². The summed E-state index contributed by atoms with van der Waals surface area (Å²) in [5, 5.41) is 14.0. The molecule has 31 heavy (non-hydrogen) atoms. The van der Waals surface area contributed by atoms with Gasteiger partial charge in [0.15, 0.2) is 0 Å². The SMILES string of the molecule is Cc1cc(C(=O)N2CCCC2C(=O)NCC2(c3ccc(F)cc3)CC2)ccc1[N+](=O)[O-]. The lowest BCUT2D eigenvalue weighted by Crippen LogP contribution is -2.47. The third-order valence-corrected chi connectivity index (χ3v) is 6.37. The van der Waals surface area contributed by atoms with Gasteiger partial charge in [-0.1, -0.05) is 12.1 Å². The Balaban J connectivity index is 1.43. The van der Waals surface area contributed by atoms with Crippen LogP contribution >= 0.6 is 0 Å². The fraction of sp³-hybridized carbons (Fsp3) is 0.391. The number of hydrogen-bond donors (Lipinski definition) is 1. The van der Waals surface area contributed by atoms with E-state index in [1.54, 1.807) is 24.0 Å². The first-order chi connectivity index (χ1) is 14.8. The zero-order valence-corrected chi connectivity index (χ0v) is 17.3. The van der Waals surface area contributed by atoms with Crippen LogP contribution in [0.15, 0.2) is 42.5 Å². The van der Waals surface area contributed by atoms with E-state index in [-0.39, 0.29) is 28.7 Å². The van der Waals surface area contributed by atoms with Crippen molar-refractivity contribution in [3.8, 4) is 0 Å². The van der Waals surface area contributed by atoms with Crippen LogP contribution < -0.4 is 5.32 Å². The van der Waals surface area contributed by atoms with Crippen LogP contribution in [0, 0.1) is 22.9 Å². The van der Waals surface area contributed by atoms with Crippen molar-refractivity contribution in [3.05, 3.63) is 75.1 Å². The highest BCUT2D eigenvalue weighted by molar-refractivity contribution is 5.98. The quantitative estimate of drug-likeness (QED) is 0.566. The lowest BCUT2D eigenvalue weighted by Gasteiger charge is -2.25. The third kappa shape index (κ3) is 4.15. The summed E-state index contributed by atoms with van der Waals surface area (Å²) in [4.78, 5) is 38.0. The number of amides is 2. The number of nitro benzene ring substituents is 1. The van der Waals surface area contributed by atoms with Gasteiger partial charge in [-0.3, -0.25) is 19.7 Å². The molecule has 0 spiro atoms. The molecule has 1 heterocycles. The minimum atomic E-state index is -0.563. The van der Waals surface area contributed by atoms with Crippen molar-refractivity contribution in [2.75, 3.05) is 13.1 Å². The molecule has 7 nitrogen and oxygen atoms in total. The number of carbonyl (C=O) groups is 2. The van der Waals surface area contributed by atoms with Gasteiger partial charge >= 0.3 is 0 Å². The topological polar surface area (TPSA) is 92.6 Å². The maximum atomic E-state index is 13.2. The van der Waals surface area contributed by atoms with E-state index in [1.165, 1.54) is 30.3 Å². The molecule has 162 valence electrons. The van der Waals surface area contributed by atoms with E-state index in [0.717, 1.165) is 24.8 Å². The molecule has 0 aromatic heterocycles. The predicted octanol–water partition coefficient (Wildman–Crippen LogP) is 3.49. The number of benzene rings is 2. The Hall–Kier alpha value is -3.29. The van der Waals surface area contributed by atoms with Crippen molar-refractivity contribution in [1.82, 2.24) is 10.2 Å². The smallest absolute Gasteiger partial charge is 0.272 e. The van der Waals surface area contributed by atoms with E-state index in [4.69, 9.17) is 0 Å². The van der Waals surface area contributed by atoms with Gasteiger partial charge in [0.05, 0.1) is 4.92 Å². The van der Waals surface area contributed by atoms with Crippen molar-refractivity contribution in [1.29, 1.82) is 0 Å². The van der Waals surface area contributed by atoms with E-state index in [1.807, 2.05) is 0 Å². The van der Waals surface area contributed by atoms with Crippen LogP contribution in [0.25, 0.3) is 0 Å². The summed E-state index contributed by atoms with van der Waals surface area (Å²) >= 11 is 0.